The molecule has 1 aromatic rings. The molecule has 1 fully saturated rings. The van der Waals surface area contributed by atoms with Crippen LogP contribution in [0.2, 0.25) is 0 Å². The highest BCUT2D eigenvalue weighted by atomic mass is 32.2. The number of allylic oxidation sites excluding steroid dienone is 1. The lowest BCUT2D eigenvalue weighted by Gasteiger charge is -2.30. The number of carbonyl (C=O) groups is 1. The summed E-state index contributed by atoms with van der Waals surface area (Å²) in [5.74, 6) is 0.371. The van der Waals surface area contributed by atoms with Gasteiger partial charge in [-0.25, -0.2) is 8.42 Å². The highest BCUT2D eigenvalue weighted by molar-refractivity contribution is 7.97. The summed E-state index contributed by atoms with van der Waals surface area (Å²) < 4.78 is 37.7. The van der Waals surface area contributed by atoms with Crippen LogP contribution in [0.25, 0.3) is 5.57 Å². The number of carbonyl (C=O) groups excluding carboxylic acids is 1. The van der Waals surface area contributed by atoms with Gasteiger partial charge in [-0.15, -0.1) is 0 Å². The number of hydrogen-bond acceptors (Lipinski definition) is 5. The minimum atomic E-state index is -3.95. The van der Waals surface area contributed by atoms with Crippen LogP contribution in [0.4, 0.5) is 5.69 Å². The van der Waals surface area contributed by atoms with Crippen LogP contribution in [0.5, 0.6) is 11.5 Å². The molecule has 7 nitrogen and oxygen atoms in total. The van der Waals surface area contributed by atoms with Crippen molar-refractivity contribution in [3.05, 3.63) is 22.6 Å². The first-order chi connectivity index (χ1) is 12.3. The Kier molecular flexibility index (Phi) is 4.88. The predicted molar refractivity (Wildman–Crippen MR) is 99.9 cm³/mol. The van der Waals surface area contributed by atoms with Crippen molar-refractivity contribution < 1.29 is 22.7 Å². The summed E-state index contributed by atoms with van der Waals surface area (Å²) in [6, 6.07) is 3.35. The van der Waals surface area contributed by atoms with E-state index >= 15 is 0 Å². The maximum absolute atomic E-state index is 13.0. The second kappa shape index (κ2) is 6.83. The zero-order valence-electron chi connectivity index (χ0n) is 15.5. The molecule has 1 aromatic carbocycles. The number of hydrogen-bond donors (Lipinski definition) is 1. The molecular weight excluding hydrogens is 356 g/mol. The minimum absolute atomic E-state index is 0.0371. The first-order valence-corrected chi connectivity index (χ1v) is 10.0. The van der Waals surface area contributed by atoms with Crippen LogP contribution in [-0.2, 0) is 14.8 Å². The molecule has 2 aliphatic rings. The third kappa shape index (κ3) is 2.92. The molecule has 1 amide bonds. The number of amides is 1. The fourth-order valence-corrected chi connectivity index (χ4v) is 5.09. The predicted octanol–water partition coefficient (Wildman–Crippen LogP) is 2.27. The van der Waals surface area contributed by atoms with Gasteiger partial charge in [-0.3, -0.25) is 9.10 Å². The third-order valence-electron chi connectivity index (χ3n) is 5.10. The Balaban J connectivity index is 2.12. The van der Waals surface area contributed by atoms with Crippen molar-refractivity contribution in [3.8, 4) is 11.5 Å². The average Bonchev–Trinajstić information content (AvgIpc) is 3.11. The topological polar surface area (TPSA) is 84.9 Å². The van der Waals surface area contributed by atoms with Gasteiger partial charge in [0.15, 0.2) is 16.4 Å². The quantitative estimate of drug-likeness (QED) is 0.866. The average molecular weight is 380 g/mol. The number of ether oxygens (including phenoxy) is 2. The van der Waals surface area contributed by atoms with E-state index in [1.54, 1.807) is 19.1 Å². The molecule has 0 atom stereocenters. The molecule has 0 bridgehead atoms. The summed E-state index contributed by atoms with van der Waals surface area (Å²) >= 11 is 0. The number of anilines is 1. The Hall–Kier alpha value is -2.22. The Bertz CT molecular complexity index is 870. The number of benzene rings is 1. The van der Waals surface area contributed by atoms with Crippen molar-refractivity contribution in [2.45, 2.75) is 38.6 Å². The largest absolute Gasteiger partial charge is 0.493 e. The van der Waals surface area contributed by atoms with E-state index in [1.807, 2.05) is 0 Å². The fraction of sp³-hybridized carbons (Fsp3) is 0.500. The van der Waals surface area contributed by atoms with Gasteiger partial charge in [-0.2, -0.15) is 0 Å². The molecule has 1 aliphatic heterocycles. The van der Waals surface area contributed by atoms with Gasteiger partial charge >= 0.3 is 0 Å². The van der Waals surface area contributed by atoms with Crippen molar-refractivity contribution in [1.29, 1.82) is 0 Å². The molecule has 26 heavy (non-hydrogen) atoms. The summed E-state index contributed by atoms with van der Waals surface area (Å²) in [5, 5.41) is 2.88. The van der Waals surface area contributed by atoms with Crippen LogP contribution in [0.3, 0.4) is 0 Å². The van der Waals surface area contributed by atoms with Gasteiger partial charge in [0.25, 0.3) is 15.9 Å². The van der Waals surface area contributed by atoms with Crippen molar-refractivity contribution >= 4 is 27.2 Å². The number of nitrogens with one attached hydrogen (secondary N) is 1. The van der Waals surface area contributed by atoms with E-state index in [-0.39, 0.29) is 10.9 Å². The van der Waals surface area contributed by atoms with Crippen LogP contribution in [0, 0.1) is 0 Å². The number of methoxy groups -OCH3 is 2. The standard InChI is InChI=1S/C18H24N2O5S/c1-11-13-9-15(24-3)16(25-4)10-14(13)20(2)26(22,23)17(11)18(21)19-12-7-5-6-8-12/h9-10,12H,5-8H2,1-4H3,(H,19,21). The van der Waals surface area contributed by atoms with E-state index in [0.717, 1.165) is 30.0 Å². The van der Waals surface area contributed by atoms with Crippen LogP contribution >= 0.6 is 0 Å². The molecule has 8 heteroatoms. The lowest BCUT2D eigenvalue weighted by Crippen LogP contribution is -2.41. The SMILES string of the molecule is COc1cc2c(cc1OC)N(C)S(=O)(=O)C(C(=O)NC1CCCC1)=C2C. The molecular formula is C18H24N2O5S. The minimum Gasteiger partial charge on any atom is -0.493 e. The number of sulfonamides is 1. The van der Waals surface area contributed by atoms with Gasteiger partial charge in [0, 0.05) is 24.7 Å². The first-order valence-electron chi connectivity index (χ1n) is 8.58. The summed E-state index contributed by atoms with van der Waals surface area (Å²) in [6.07, 6.45) is 3.87. The highest BCUT2D eigenvalue weighted by Crippen LogP contribution is 2.44. The van der Waals surface area contributed by atoms with Gasteiger partial charge in [-0.1, -0.05) is 12.8 Å². The fourth-order valence-electron chi connectivity index (χ4n) is 3.62. The van der Waals surface area contributed by atoms with Gasteiger partial charge in [0.05, 0.1) is 19.9 Å². The van der Waals surface area contributed by atoms with Crippen LogP contribution in [0.15, 0.2) is 17.0 Å². The van der Waals surface area contributed by atoms with E-state index in [1.165, 1.54) is 21.3 Å². The molecule has 1 heterocycles. The molecule has 0 saturated heterocycles. The van der Waals surface area contributed by atoms with Gasteiger partial charge < -0.3 is 14.8 Å². The number of rotatable bonds is 4. The monoisotopic (exact) mass is 380 g/mol. The van der Waals surface area contributed by atoms with E-state index in [2.05, 4.69) is 5.32 Å². The molecule has 1 saturated carbocycles. The van der Waals surface area contributed by atoms with Crippen LogP contribution in [-0.4, -0.2) is 41.6 Å². The van der Waals surface area contributed by atoms with Crippen molar-refractivity contribution in [2.24, 2.45) is 0 Å². The summed E-state index contributed by atoms with van der Waals surface area (Å²) in [7, 11) is 0.499. The third-order valence-corrected chi connectivity index (χ3v) is 7.03. The van der Waals surface area contributed by atoms with Crippen LogP contribution in [0.1, 0.15) is 38.2 Å². The molecule has 0 radical (unpaired) electrons. The molecule has 0 aromatic heterocycles. The zero-order valence-corrected chi connectivity index (χ0v) is 16.3. The zero-order chi connectivity index (χ0) is 19.1. The van der Waals surface area contributed by atoms with Gasteiger partial charge in [0.2, 0.25) is 0 Å². The second-order valence-corrected chi connectivity index (χ2v) is 8.51. The van der Waals surface area contributed by atoms with Crippen LogP contribution < -0.4 is 19.1 Å². The van der Waals surface area contributed by atoms with E-state index < -0.39 is 15.9 Å². The molecule has 3 rings (SSSR count). The normalized spacial score (nSPS) is 19.3. The lowest BCUT2D eigenvalue weighted by atomic mass is 10.0. The molecule has 1 N–H and O–H groups in total. The summed E-state index contributed by atoms with van der Waals surface area (Å²) in [5.41, 5.74) is 1.50. The van der Waals surface area contributed by atoms with Crippen molar-refractivity contribution in [3.63, 3.8) is 0 Å². The Morgan fingerprint density at radius 2 is 1.73 bits per heavy atom. The maximum atomic E-state index is 13.0. The first kappa shape index (κ1) is 18.6. The van der Waals surface area contributed by atoms with Crippen molar-refractivity contribution in [1.82, 2.24) is 5.32 Å². The van der Waals surface area contributed by atoms with Gasteiger partial charge in [0.1, 0.15) is 0 Å². The smallest absolute Gasteiger partial charge is 0.269 e. The Morgan fingerprint density at radius 1 is 1.15 bits per heavy atom. The van der Waals surface area contributed by atoms with E-state index in [4.69, 9.17) is 9.47 Å². The molecule has 0 spiro atoms. The molecule has 0 unspecified atom stereocenters. The lowest BCUT2D eigenvalue weighted by molar-refractivity contribution is -0.117. The van der Waals surface area contributed by atoms with Gasteiger partial charge in [-0.05, 0) is 31.4 Å². The Labute approximate surface area is 154 Å². The maximum Gasteiger partial charge on any atom is 0.269 e. The summed E-state index contributed by atoms with van der Waals surface area (Å²) in [4.78, 5) is 12.6. The van der Waals surface area contributed by atoms with E-state index in [0.29, 0.717) is 28.3 Å². The Morgan fingerprint density at radius 3 is 2.31 bits per heavy atom. The number of fused-ring (bicyclic) bond motifs is 1. The second-order valence-electron chi connectivity index (χ2n) is 6.61. The molecule has 1 aliphatic carbocycles. The van der Waals surface area contributed by atoms with E-state index in [9.17, 15) is 13.2 Å². The number of nitrogens with zero attached hydrogens (tertiary/aromatic N) is 1. The molecule has 142 valence electrons. The van der Waals surface area contributed by atoms with Crippen molar-refractivity contribution in [2.75, 3.05) is 25.6 Å². The highest BCUT2D eigenvalue weighted by Gasteiger charge is 2.39. The summed E-state index contributed by atoms with van der Waals surface area (Å²) in [6.45, 7) is 1.65.